The summed E-state index contributed by atoms with van der Waals surface area (Å²) in [6.07, 6.45) is 2.69. The normalized spacial score (nSPS) is 11.5. The number of carboxylic acids is 1. The molecule has 114 valence electrons. The SMILES string of the molecule is C=CCN(CCC)C(=O)N[C@H](Cc1ccccc1)C(=O)O. The molecule has 2 N–H and O–H groups in total. The van der Waals surface area contributed by atoms with Gasteiger partial charge in [0.2, 0.25) is 0 Å². The van der Waals surface area contributed by atoms with Crippen molar-refractivity contribution in [1.29, 1.82) is 0 Å². The minimum atomic E-state index is -1.04. The lowest BCUT2D eigenvalue weighted by Crippen LogP contribution is -2.49. The quantitative estimate of drug-likeness (QED) is 0.722. The van der Waals surface area contributed by atoms with E-state index < -0.39 is 12.0 Å². The fraction of sp³-hybridized carbons (Fsp3) is 0.375. The minimum Gasteiger partial charge on any atom is -0.480 e. The molecule has 0 aliphatic rings. The number of nitrogens with one attached hydrogen (secondary N) is 1. The summed E-state index contributed by atoms with van der Waals surface area (Å²) in [7, 11) is 0. The molecule has 0 radical (unpaired) electrons. The molecule has 0 aliphatic carbocycles. The van der Waals surface area contributed by atoms with Crippen molar-refractivity contribution < 1.29 is 14.7 Å². The van der Waals surface area contributed by atoms with Crippen molar-refractivity contribution in [2.45, 2.75) is 25.8 Å². The molecule has 2 amide bonds. The van der Waals surface area contributed by atoms with Gasteiger partial charge in [0.15, 0.2) is 0 Å². The van der Waals surface area contributed by atoms with Gasteiger partial charge in [-0.2, -0.15) is 0 Å². The number of amides is 2. The van der Waals surface area contributed by atoms with Gasteiger partial charge in [0.25, 0.3) is 0 Å². The molecule has 1 aromatic rings. The van der Waals surface area contributed by atoms with Crippen LogP contribution in [0.3, 0.4) is 0 Å². The first-order valence-electron chi connectivity index (χ1n) is 7.01. The second-order valence-electron chi connectivity index (χ2n) is 4.76. The third-order valence-electron chi connectivity index (χ3n) is 3.01. The van der Waals surface area contributed by atoms with Gasteiger partial charge < -0.3 is 15.3 Å². The third kappa shape index (κ3) is 5.69. The highest BCUT2D eigenvalue weighted by atomic mass is 16.4. The average molecular weight is 290 g/mol. The van der Waals surface area contributed by atoms with Gasteiger partial charge in [0.05, 0.1) is 0 Å². The number of nitrogens with zero attached hydrogens (tertiary/aromatic N) is 1. The van der Waals surface area contributed by atoms with Crippen LogP contribution in [0.2, 0.25) is 0 Å². The molecular weight excluding hydrogens is 268 g/mol. The van der Waals surface area contributed by atoms with Crippen LogP contribution < -0.4 is 5.32 Å². The zero-order valence-corrected chi connectivity index (χ0v) is 12.3. The number of aliphatic carboxylic acids is 1. The summed E-state index contributed by atoms with van der Waals surface area (Å²) >= 11 is 0. The molecule has 1 rings (SSSR count). The number of urea groups is 1. The van der Waals surface area contributed by atoms with Gasteiger partial charge in [0.1, 0.15) is 6.04 Å². The molecule has 0 bridgehead atoms. The summed E-state index contributed by atoms with van der Waals surface area (Å²) in [5.74, 6) is -1.04. The molecule has 1 aromatic carbocycles. The van der Waals surface area contributed by atoms with E-state index in [4.69, 9.17) is 0 Å². The Morgan fingerprint density at radius 3 is 2.57 bits per heavy atom. The van der Waals surface area contributed by atoms with Crippen molar-refractivity contribution in [3.05, 3.63) is 48.6 Å². The molecule has 0 aliphatic heterocycles. The van der Waals surface area contributed by atoms with Gasteiger partial charge in [-0.3, -0.25) is 0 Å². The zero-order chi connectivity index (χ0) is 15.7. The standard InChI is InChI=1S/C16H22N2O3/c1-3-10-18(11-4-2)16(21)17-14(15(19)20)12-13-8-6-5-7-9-13/h3,5-9,14H,1,4,10-12H2,2H3,(H,17,21)(H,19,20)/t14-/m1/s1. The highest BCUT2D eigenvalue weighted by molar-refractivity contribution is 5.82. The topological polar surface area (TPSA) is 69.6 Å². The number of carboxylic acid groups (broad SMARTS) is 1. The lowest BCUT2D eigenvalue weighted by molar-refractivity contribution is -0.139. The molecule has 0 fully saturated rings. The lowest BCUT2D eigenvalue weighted by atomic mass is 10.1. The van der Waals surface area contributed by atoms with E-state index in [1.54, 1.807) is 11.0 Å². The second kappa shape index (κ2) is 8.79. The number of rotatable bonds is 8. The number of carbonyl (C=O) groups excluding carboxylic acids is 1. The summed E-state index contributed by atoms with van der Waals surface area (Å²) in [5.41, 5.74) is 0.871. The van der Waals surface area contributed by atoms with E-state index in [-0.39, 0.29) is 12.5 Å². The Labute approximate surface area is 125 Å². The Morgan fingerprint density at radius 2 is 2.05 bits per heavy atom. The van der Waals surface area contributed by atoms with Crippen LogP contribution in [0.1, 0.15) is 18.9 Å². The van der Waals surface area contributed by atoms with Crippen LogP contribution in [0.4, 0.5) is 4.79 Å². The monoisotopic (exact) mass is 290 g/mol. The molecule has 5 heteroatoms. The van der Waals surface area contributed by atoms with E-state index in [9.17, 15) is 14.7 Å². The first-order chi connectivity index (χ1) is 10.1. The van der Waals surface area contributed by atoms with Crippen molar-refractivity contribution in [3.63, 3.8) is 0 Å². The summed E-state index contributed by atoms with van der Waals surface area (Å²) in [4.78, 5) is 25.0. The van der Waals surface area contributed by atoms with Gasteiger partial charge in [0, 0.05) is 19.5 Å². The first-order valence-corrected chi connectivity index (χ1v) is 7.01. The molecule has 0 saturated heterocycles. The average Bonchev–Trinajstić information content (AvgIpc) is 2.47. The summed E-state index contributed by atoms with van der Waals surface area (Å²) in [6, 6.07) is 7.93. The third-order valence-corrected chi connectivity index (χ3v) is 3.01. The van der Waals surface area contributed by atoms with Crippen molar-refractivity contribution in [2.24, 2.45) is 0 Å². The van der Waals surface area contributed by atoms with E-state index in [2.05, 4.69) is 11.9 Å². The van der Waals surface area contributed by atoms with Crippen LogP contribution >= 0.6 is 0 Å². The Kier molecular flexibility index (Phi) is 7.01. The molecule has 0 saturated carbocycles. The van der Waals surface area contributed by atoms with Crippen LogP contribution in [-0.4, -0.2) is 41.1 Å². The lowest BCUT2D eigenvalue weighted by Gasteiger charge is -2.23. The predicted octanol–water partition coefficient (Wildman–Crippen LogP) is 2.29. The van der Waals surface area contributed by atoms with Crippen LogP contribution in [0, 0.1) is 0 Å². The largest absolute Gasteiger partial charge is 0.480 e. The van der Waals surface area contributed by atoms with Crippen molar-refractivity contribution >= 4 is 12.0 Å². The Bertz CT molecular complexity index is 474. The van der Waals surface area contributed by atoms with Crippen LogP contribution in [0.5, 0.6) is 0 Å². The second-order valence-corrected chi connectivity index (χ2v) is 4.76. The van der Waals surface area contributed by atoms with E-state index in [1.165, 1.54) is 0 Å². The Hall–Kier alpha value is -2.30. The van der Waals surface area contributed by atoms with Gasteiger partial charge in [-0.15, -0.1) is 6.58 Å². The van der Waals surface area contributed by atoms with Crippen LogP contribution in [-0.2, 0) is 11.2 Å². The van der Waals surface area contributed by atoms with Crippen molar-refractivity contribution in [1.82, 2.24) is 10.2 Å². The molecule has 5 nitrogen and oxygen atoms in total. The van der Waals surface area contributed by atoms with Gasteiger partial charge >= 0.3 is 12.0 Å². The molecule has 0 aromatic heterocycles. The number of hydrogen-bond acceptors (Lipinski definition) is 2. The summed E-state index contributed by atoms with van der Waals surface area (Å²) in [5, 5.41) is 11.8. The maximum absolute atomic E-state index is 12.1. The van der Waals surface area contributed by atoms with Crippen LogP contribution in [0.15, 0.2) is 43.0 Å². The zero-order valence-electron chi connectivity index (χ0n) is 12.3. The summed E-state index contributed by atoms with van der Waals surface area (Å²) in [6.45, 7) is 6.53. The fourth-order valence-corrected chi connectivity index (χ4v) is 1.99. The van der Waals surface area contributed by atoms with Gasteiger partial charge in [-0.25, -0.2) is 9.59 Å². The van der Waals surface area contributed by atoms with E-state index in [1.807, 2.05) is 37.3 Å². The van der Waals surface area contributed by atoms with Gasteiger partial charge in [-0.1, -0.05) is 43.3 Å². The number of hydrogen-bond donors (Lipinski definition) is 2. The number of benzene rings is 1. The Balaban J connectivity index is 2.71. The van der Waals surface area contributed by atoms with Gasteiger partial charge in [-0.05, 0) is 12.0 Å². The molecule has 1 atom stereocenters. The molecular formula is C16H22N2O3. The highest BCUT2D eigenvalue weighted by Gasteiger charge is 2.22. The number of carbonyl (C=O) groups is 2. The van der Waals surface area contributed by atoms with E-state index in [0.717, 1.165) is 12.0 Å². The van der Waals surface area contributed by atoms with Crippen LogP contribution in [0.25, 0.3) is 0 Å². The molecule has 0 unspecified atom stereocenters. The maximum Gasteiger partial charge on any atom is 0.326 e. The maximum atomic E-state index is 12.1. The first kappa shape index (κ1) is 16.8. The Morgan fingerprint density at radius 1 is 1.38 bits per heavy atom. The smallest absolute Gasteiger partial charge is 0.326 e. The van der Waals surface area contributed by atoms with E-state index >= 15 is 0 Å². The van der Waals surface area contributed by atoms with Crippen molar-refractivity contribution in [3.8, 4) is 0 Å². The fourth-order valence-electron chi connectivity index (χ4n) is 1.99. The predicted molar refractivity (Wildman–Crippen MR) is 82.2 cm³/mol. The minimum absolute atomic E-state index is 0.260. The molecule has 0 spiro atoms. The van der Waals surface area contributed by atoms with Crippen molar-refractivity contribution in [2.75, 3.05) is 13.1 Å². The van der Waals surface area contributed by atoms with E-state index in [0.29, 0.717) is 13.1 Å². The molecule has 0 heterocycles. The summed E-state index contributed by atoms with van der Waals surface area (Å²) < 4.78 is 0. The molecule has 21 heavy (non-hydrogen) atoms. The highest BCUT2D eigenvalue weighted by Crippen LogP contribution is 2.04.